The van der Waals surface area contributed by atoms with Gasteiger partial charge in [0.1, 0.15) is 17.5 Å². The van der Waals surface area contributed by atoms with Crippen LogP contribution in [-0.4, -0.2) is 117 Å². The fraction of sp³-hybridized carbons (Fsp3) is 0.512. The van der Waals surface area contributed by atoms with Gasteiger partial charge < -0.3 is 24.6 Å². The first-order valence-electron chi connectivity index (χ1n) is 19.8. The molecule has 0 atom stereocenters. The number of benzene rings is 2. The summed E-state index contributed by atoms with van der Waals surface area (Å²) in [5.41, 5.74) is 5.21. The normalized spacial score (nSPS) is 14.6. The Balaban J connectivity index is 0.000000330. The second kappa shape index (κ2) is 24.0. The number of carbonyl (C=O) groups is 4. The zero-order chi connectivity index (χ0) is 46.0. The van der Waals surface area contributed by atoms with Gasteiger partial charge in [-0.1, -0.05) is 0 Å². The van der Waals surface area contributed by atoms with Gasteiger partial charge in [-0.2, -0.15) is 4.99 Å². The molecular weight excluding hydrogens is 803 g/mol. The predicted molar refractivity (Wildman–Crippen MR) is 242 cm³/mol. The average Bonchev–Trinajstić information content (AvgIpc) is 3.14. The Morgan fingerprint density at radius 2 is 1.48 bits per heavy atom. The Labute approximate surface area is 366 Å². The van der Waals surface area contributed by atoms with Crippen LogP contribution in [-0.2, 0) is 23.7 Å². The molecule has 332 valence electrons. The molecular formula is C43H62BClN8O8. The molecule has 1 saturated heterocycles. The van der Waals surface area contributed by atoms with Gasteiger partial charge in [0, 0.05) is 37.6 Å². The van der Waals surface area contributed by atoms with E-state index in [1.165, 1.54) is 23.9 Å². The van der Waals surface area contributed by atoms with Crippen molar-refractivity contribution in [1.29, 1.82) is 5.26 Å². The summed E-state index contributed by atoms with van der Waals surface area (Å²) in [4.78, 5) is 54.7. The summed E-state index contributed by atoms with van der Waals surface area (Å²) in [6, 6.07) is 12.1. The molecule has 4 amide bonds. The summed E-state index contributed by atoms with van der Waals surface area (Å²) in [5, 5.41) is 16.9. The van der Waals surface area contributed by atoms with Gasteiger partial charge in [0.25, 0.3) is 0 Å². The molecule has 0 saturated carbocycles. The molecule has 18 heteroatoms. The molecule has 0 aromatic heterocycles. The quantitative estimate of drug-likeness (QED) is 0.0603. The van der Waals surface area contributed by atoms with Crippen LogP contribution in [0.2, 0.25) is 5.02 Å². The van der Waals surface area contributed by atoms with Crippen LogP contribution in [0.3, 0.4) is 0 Å². The molecule has 4 rings (SSSR count). The molecule has 61 heavy (non-hydrogen) atoms. The van der Waals surface area contributed by atoms with E-state index in [4.69, 9.17) is 35.7 Å². The first-order chi connectivity index (χ1) is 28.4. The van der Waals surface area contributed by atoms with Crippen LogP contribution in [0.5, 0.6) is 0 Å². The second-order valence-electron chi connectivity index (χ2n) is 17.2. The molecule has 0 unspecified atom stereocenters. The number of carbonyl (C=O) groups excluding carboxylic acids is 4. The number of ether oxygens (including phenoxy) is 3. The van der Waals surface area contributed by atoms with Crippen molar-refractivity contribution in [2.75, 3.05) is 56.5 Å². The SMILES string of the molecule is CC(C)(C)OC(=O)/N=C/NC(=O)OC(C)(C)C.Cc1cc(NC=O)ccc1N1CCN(C)CC1.Cc1ccc(C2=CCN(C(=BOC#N)NC(=O)OC(C)(C)C)CC2)cc1Cl. The van der Waals surface area contributed by atoms with Gasteiger partial charge in [-0.15, -0.1) is 0 Å². The topological polar surface area (TPSA) is 187 Å². The third kappa shape index (κ3) is 21.0. The number of alkyl carbamates (subject to hydrolysis) is 2. The van der Waals surface area contributed by atoms with E-state index >= 15 is 0 Å². The van der Waals surface area contributed by atoms with Crippen LogP contribution in [0.1, 0.15) is 85.4 Å². The number of likely N-dealkylation sites (N-methyl/N-ethyl adjacent to an activating group) is 1. The van der Waals surface area contributed by atoms with E-state index in [-0.39, 0.29) is 0 Å². The number of aliphatic imine (C=N–C) groups is 1. The molecule has 2 aliphatic rings. The number of nitriles is 1. The van der Waals surface area contributed by atoms with Crippen molar-refractivity contribution in [3.05, 3.63) is 64.2 Å². The molecule has 1 fully saturated rings. The van der Waals surface area contributed by atoms with Crippen molar-refractivity contribution >= 4 is 72.4 Å². The first-order valence-corrected chi connectivity index (χ1v) is 20.2. The van der Waals surface area contributed by atoms with Crippen molar-refractivity contribution in [1.82, 2.24) is 20.4 Å². The van der Waals surface area contributed by atoms with Crippen LogP contribution < -0.4 is 20.9 Å². The van der Waals surface area contributed by atoms with Crippen molar-refractivity contribution in [2.24, 2.45) is 4.99 Å². The minimum absolute atomic E-state index is 0.378. The van der Waals surface area contributed by atoms with E-state index in [9.17, 15) is 19.2 Å². The number of aryl methyl sites for hydroxylation is 2. The maximum absolute atomic E-state index is 12.1. The fourth-order valence-corrected chi connectivity index (χ4v) is 5.75. The molecule has 3 N–H and O–H groups in total. The summed E-state index contributed by atoms with van der Waals surface area (Å²) < 4.78 is 19.8. The van der Waals surface area contributed by atoms with Crippen molar-refractivity contribution < 1.29 is 38.0 Å². The second-order valence-corrected chi connectivity index (χ2v) is 17.6. The van der Waals surface area contributed by atoms with Crippen molar-refractivity contribution in [3.63, 3.8) is 0 Å². The Bertz CT molecular complexity index is 1940. The van der Waals surface area contributed by atoms with E-state index in [0.29, 0.717) is 25.2 Å². The predicted octanol–water partition coefficient (Wildman–Crippen LogP) is 7.26. The number of nitrogens with one attached hydrogen (secondary N) is 3. The Morgan fingerprint density at radius 1 is 0.852 bits per heavy atom. The van der Waals surface area contributed by atoms with Crippen LogP contribution in [0.4, 0.5) is 25.8 Å². The van der Waals surface area contributed by atoms with Crippen LogP contribution >= 0.6 is 11.6 Å². The summed E-state index contributed by atoms with van der Waals surface area (Å²) in [5.74, 6) is 0. The van der Waals surface area contributed by atoms with Gasteiger partial charge in [-0.25, -0.2) is 9.59 Å². The number of halogens is 1. The van der Waals surface area contributed by atoms with Gasteiger partial charge in [0.15, 0.2) is 0 Å². The van der Waals surface area contributed by atoms with Gasteiger partial charge in [0.2, 0.25) is 6.41 Å². The van der Waals surface area contributed by atoms with Crippen LogP contribution in [0.25, 0.3) is 5.57 Å². The molecule has 2 heterocycles. The summed E-state index contributed by atoms with van der Waals surface area (Å²) in [7, 11) is 3.37. The Hall–Kier alpha value is -5.60. The van der Waals surface area contributed by atoms with E-state index in [1.54, 1.807) is 68.6 Å². The minimum atomic E-state index is -0.770. The summed E-state index contributed by atoms with van der Waals surface area (Å²) in [6.45, 7) is 25.3. The van der Waals surface area contributed by atoms with E-state index in [2.05, 4.69) is 62.9 Å². The maximum atomic E-state index is 12.1. The fourth-order valence-electron chi connectivity index (χ4n) is 5.57. The molecule has 0 spiro atoms. The van der Waals surface area contributed by atoms with Crippen molar-refractivity contribution in [3.8, 4) is 6.26 Å². The Kier molecular flexibility index (Phi) is 20.3. The van der Waals surface area contributed by atoms with Gasteiger partial charge in [-0.3, -0.25) is 10.1 Å². The first kappa shape index (κ1) is 51.5. The molecule has 0 bridgehead atoms. The molecule has 2 aromatic rings. The summed E-state index contributed by atoms with van der Waals surface area (Å²) >= 11 is 6.22. The molecule has 16 nitrogen and oxygen atoms in total. The summed E-state index contributed by atoms with van der Waals surface area (Å²) in [6.07, 6.45) is 4.03. The number of hydrogen-bond acceptors (Lipinski definition) is 12. The monoisotopic (exact) mass is 864 g/mol. The third-order valence-corrected chi connectivity index (χ3v) is 8.76. The van der Waals surface area contributed by atoms with Crippen molar-refractivity contribution in [2.45, 2.75) is 99.4 Å². The van der Waals surface area contributed by atoms with Gasteiger partial charge >= 0.3 is 177 Å². The number of anilines is 2. The number of amides is 4. The number of rotatable bonds is 8. The molecule has 2 aliphatic heterocycles. The number of hydrogen-bond donors (Lipinski definition) is 3. The Morgan fingerprint density at radius 3 is 2.00 bits per heavy atom. The van der Waals surface area contributed by atoms with E-state index in [1.807, 2.05) is 36.1 Å². The zero-order valence-corrected chi connectivity index (χ0v) is 38.4. The average molecular weight is 865 g/mol. The van der Waals surface area contributed by atoms with Crippen LogP contribution in [0, 0.1) is 25.4 Å². The molecule has 0 aliphatic carbocycles. The van der Waals surface area contributed by atoms with Gasteiger partial charge in [0.05, 0.1) is 0 Å². The van der Waals surface area contributed by atoms with Gasteiger partial charge in [-0.05, 0) is 79.3 Å². The standard InChI is InChI=1S/C19H23BClN3O3.C13H19N3O.C11H20N2O4/c1-13-5-6-15(11-16(13)21)14-7-9-24(10-8-14)17(20-26-12-22)23-18(25)27-19(2,3)4;1-11-9-12(14-10-17)3-4-13(11)16-7-5-15(2)6-8-16;1-10(2,3)16-8(14)12-7-13-9(15)17-11(4,5)6/h5-7,11H,8-10H2,1-4H3,(H,23,25);3-4,9-10H,5-8H2,1-2H3,(H,14,17);7H,1-6H3,(H,12,13,14,15). The van der Waals surface area contributed by atoms with Crippen LogP contribution in [0.15, 0.2) is 47.5 Å². The third-order valence-electron chi connectivity index (χ3n) is 8.36. The van der Waals surface area contributed by atoms with E-state index < -0.39 is 35.1 Å². The molecule has 0 radical (unpaired) electrons. The molecule has 2 aromatic carbocycles. The number of nitrogens with zero attached hydrogens (tertiary/aromatic N) is 5. The van der Waals surface area contributed by atoms with E-state index in [0.717, 1.165) is 60.8 Å². The number of piperazine rings is 1. The zero-order valence-electron chi connectivity index (χ0n) is 37.6.